The number of benzene rings is 1. The molecule has 114 valence electrons. The van der Waals surface area contributed by atoms with Crippen LogP contribution in [-0.2, 0) is 13.2 Å². The highest BCUT2D eigenvalue weighted by atomic mass is 32.2. The first kappa shape index (κ1) is 16.0. The molecule has 0 radical (unpaired) electrons. The van der Waals surface area contributed by atoms with Crippen LogP contribution in [0.2, 0.25) is 0 Å². The van der Waals surface area contributed by atoms with E-state index in [1.54, 1.807) is 11.8 Å². The van der Waals surface area contributed by atoms with Crippen molar-refractivity contribution in [2.75, 3.05) is 12.8 Å². The van der Waals surface area contributed by atoms with Gasteiger partial charge in [0.15, 0.2) is 0 Å². The largest absolute Gasteiger partial charge is 0.488 e. The summed E-state index contributed by atoms with van der Waals surface area (Å²) in [5.74, 6) is 2.83. The Morgan fingerprint density at radius 3 is 2.86 bits per heavy atom. The zero-order valence-corrected chi connectivity index (χ0v) is 13.8. The van der Waals surface area contributed by atoms with Gasteiger partial charge < -0.3 is 14.5 Å². The molecule has 1 aromatic carbocycles. The van der Waals surface area contributed by atoms with Crippen molar-refractivity contribution in [3.05, 3.63) is 47.4 Å². The Bertz CT molecular complexity index is 566. The van der Waals surface area contributed by atoms with E-state index in [2.05, 4.69) is 30.6 Å². The maximum absolute atomic E-state index is 5.93. The van der Waals surface area contributed by atoms with Gasteiger partial charge in [-0.3, -0.25) is 0 Å². The minimum absolute atomic E-state index is 0.542. The number of aryl methyl sites for hydroxylation is 1. The van der Waals surface area contributed by atoms with Crippen LogP contribution in [0, 0.1) is 6.92 Å². The molecule has 0 spiro atoms. The second-order valence-corrected chi connectivity index (χ2v) is 5.76. The minimum Gasteiger partial charge on any atom is -0.488 e. The van der Waals surface area contributed by atoms with Gasteiger partial charge in [-0.2, -0.15) is 0 Å². The highest BCUT2D eigenvalue weighted by Crippen LogP contribution is 2.28. The number of nitrogens with one attached hydrogen (secondary N) is 1. The summed E-state index contributed by atoms with van der Waals surface area (Å²) >= 11 is 1.70. The third kappa shape index (κ3) is 4.55. The first-order chi connectivity index (χ1) is 10.2. The highest BCUT2D eigenvalue weighted by molar-refractivity contribution is 7.98. The normalized spacial score (nSPS) is 10.8. The fourth-order valence-electron chi connectivity index (χ4n) is 2.10. The van der Waals surface area contributed by atoms with Crippen LogP contribution in [0.4, 0.5) is 0 Å². The lowest BCUT2D eigenvalue weighted by atomic mass is 10.2. The molecule has 4 heteroatoms. The zero-order chi connectivity index (χ0) is 15.1. The zero-order valence-electron chi connectivity index (χ0n) is 12.9. The van der Waals surface area contributed by atoms with Crippen LogP contribution >= 0.6 is 11.8 Å². The van der Waals surface area contributed by atoms with Crippen LogP contribution in [0.25, 0.3) is 0 Å². The molecule has 2 rings (SSSR count). The van der Waals surface area contributed by atoms with Crippen molar-refractivity contribution in [1.82, 2.24) is 5.32 Å². The number of thioether (sulfide) groups is 1. The van der Waals surface area contributed by atoms with Crippen LogP contribution in [0.3, 0.4) is 0 Å². The van der Waals surface area contributed by atoms with E-state index in [-0.39, 0.29) is 0 Å². The molecule has 0 aliphatic rings. The Morgan fingerprint density at radius 2 is 2.10 bits per heavy atom. The van der Waals surface area contributed by atoms with Crippen molar-refractivity contribution < 1.29 is 9.15 Å². The van der Waals surface area contributed by atoms with E-state index >= 15 is 0 Å². The summed E-state index contributed by atoms with van der Waals surface area (Å²) in [4.78, 5) is 1.16. The van der Waals surface area contributed by atoms with Crippen LogP contribution in [0.5, 0.6) is 5.75 Å². The molecule has 3 nitrogen and oxygen atoms in total. The van der Waals surface area contributed by atoms with Crippen molar-refractivity contribution >= 4 is 11.8 Å². The Kier molecular flexibility index (Phi) is 6.21. The summed E-state index contributed by atoms with van der Waals surface area (Å²) < 4.78 is 11.7. The molecule has 0 aliphatic heterocycles. The van der Waals surface area contributed by atoms with E-state index in [4.69, 9.17) is 9.15 Å². The predicted molar refractivity (Wildman–Crippen MR) is 88.0 cm³/mol. The number of rotatable bonds is 8. The topological polar surface area (TPSA) is 34.4 Å². The van der Waals surface area contributed by atoms with E-state index < -0.39 is 0 Å². The van der Waals surface area contributed by atoms with Gasteiger partial charge in [0.05, 0.1) is 6.54 Å². The van der Waals surface area contributed by atoms with Gasteiger partial charge in [0.1, 0.15) is 23.9 Å². The molecule has 0 bridgehead atoms. The fourth-order valence-corrected chi connectivity index (χ4v) is 2.64. The standard InChI is InChI=1S/C17H23NO2S/c1-4-9-18-11-15-10-14(13(2)20-15)12-19-16-7-5-6-8-17(16)21-3/h5-8,10,18H,4,9,11-12H2,1-3H3. The highest BCUT2D eigenvalue weighted by Gasteiger charge is 2.09. The molecule has 1 aromatic heterocycles. The molecule has 1 N–H and O–H groups in total. The lowest BCUT2D eigenvalue weighted by molar-refractivity contribution is 0.296. The van der Waals surface area contributed by atoms with Gasteiger partial charge in [-0.15, -0.1) is 11.8 Å². The van der Waals surface area contributed by atoms with Crippen LogP contribution < -0.4 is 10.1 Å². The molecule has 0 unspecified atom stereocenters. The molecule has 2 aromatic rings. The second kappa shape index (κ2) is 8.15. The van der Waals surface area contributed by atoms with E-state index in [0.717, 1.165) is 47.2 Å². The van der Waals surface area contributed by atoms with Gasteiger partial charge in [0, 0.05) is 10.5 Å². The molecular formula is C17H23NO2S. The fraction of sp³-hybridized carbons (Fsp3) is 0.412. The minimum atomic E-state index is 0.542. The summed E-state index contributed by atoms with van der Waals surface area (Å²) in [6.07, 6.45) is 3.18. The van der Waals surface area contributed by atoms with E-state index in [0.29, 0.717) is 6.61 Å². The molecule has 0 fully saturated rings. The first-order valence-corrected chi connectivity index (χ1v) is 8.51. The number of furan rings is 1. The van der Waals surface area contributed by atoms with Crippen molar-refractivity contribution in [3.8, 4) is 5.75 Å². The molecular weight excluding hydrogens is 282 g/mol. The van der Waals surface area contributed by atoms with Crippen molar-refractivity contribution in [2.24, 2.45) is 0 Å². The average Bonchev–Trinajstić information content (AvgIpc) is 2.86. The molecule has 0 aliphatic carbocycles. The molecule has 0 amide bonds. The Labute approximate surface area is 131 Å². The van der Waals surface area contributed by atoms with Crippen molar-refractivity contribution in [3.63, 3.8) is 0 Å². The Morgan fingerprint density at radius 1 is 1.29 bits per heavy atom. The lowest BCUT2D eigenvalue weighted by Gasteiger charge is -2.08. The van der Waals surface area contributed by atoms with Gasteiger partial charge in [-0.05, 0) is 44.3 Å². The smallest absolute Gasteiger partial charge is 0.133 e. The number of hydrogen-bond donors (Lipinski definition) is 1. The summed E-state index contributed by atoms with van der Waals surface area (Å²) in [6, 6.07) is 10.2. The monoisotopic (exact) mass is 305 g/mol. The van der Waals surface area contributed by atoms with Crippen LogP contribution in [-0.4, -0.2) is 12.8 Å². The van der Waals surface area contributed by atoms with E-state index in [9.17, 15) is 0 Å². The third-order valence-corrected chi connectivity index (χ3v) is 4.03. The summed E-state index contributed by atoms with van der Waals surface area (Å²) in [5, 5.41) is 3.35. The molecule has 0 atom stereocenters. The average molecular weight is 305 g/mol. The SMILES string of the molecule is CCCNCc1cc(COc2ccccc2SC)c(C)o1. The number of ether oxygens (including phenoxy) is 1. The number of hydrogen-bond acceptors (Lipinski definition) is 4. The van der Waals surface area contributed by atoms with Gasteiger partial charge in [-0.25, -0.2) is 0 Å². The Balaban J connectivity index is 1.96. The maximum atomic E-state index is 5.93. The summed E-state index contributed by atoms with van der Waals surface area (Å²) in [7, 11) is 0. The Hall–Kier alpha value is -1.39. The lowest BCUT2D eigenvalue weighted by Crippen LogP contribution is -2.13. The first-order valence-electron chi connectivity index (χ1n) is 7.29. The third-order valence-electron chi connectivity index (χ3n) is 3.25. The molecule has 21 heavy (non-hydrogen) atoms. The molecule has 0 saturated carbocycles. The van der Waals surface area contributed by atoms with Crippen LogP contribution in [0.1, 0.15) is 30.4 Å². The second-order valence-electron chi connectivity index (χ2n) is 4.91. The van der Waals surface area contributed by atoms with Gasteiger partial charge in [0.2, 0.25) is 0 Å². The number of para-hydroxylation sites is 1. The molecule has 1 heterocycles. The van der Waals surface area contributed by atoms with Gasteiger partial charge >= 0.3 is 0 Å². The van der Waals surface area contributed by atoms with Crippen molar-refractivity contribution in [2.45, 2.75) is 38.3 Å². The molecule has 0 saturated heterocycles. The quantitative estimate of drug-likeness (QED) is 0.579. The summed E-state index contributed by atoms with van der Waals surface area (Å²) in [6.45, 7) is 6.47. The van der Waals surface area contributed by atoms with Gasteiger partial charge in [0.25, 0.3) is 0 Å². The summed E-state index contributed by atoms with van der Waals surface area (Å²) in [5.41, 5.74) is 1.11. The predicted octanol–water partition coefficient (Wildman–Crippen LogP) is 4.39. The van der Waals surface area contributed by atoms with E-state index in [1.807, 2.05) is 25.1 Å². The van der Waals surface area contributed by atoms with Crippen LogP contribution in [0.15, 0.2) is 39.6 Å². The van der Waals surface area contributed by atoms with Gasteiger partial charge in [-0.1, -0.05) is 19.1 Å². The van der Waals surface area contributed by atoms with Crippen molar-refractivity contribution in [1.29, 1.82) is 0 Å². The van der Waals surface area contributed by atoms with E-state index in [1.165, 1.54) is 0 Å². The maximum Gasteiger partial charge on any atom is 0.133 e.